The van der Waals surface area contributed by atoms with Gasteiger partial charge in [-0.15, -0.1) is 0 Å². The van der Waals surface area contributed by atoms with Gasteiger partial charge in [0.1, 0.15) is 36.2 Å². The van der Waals surface area contributed by atoms with Crippen LogP contribution < -0.4 is 18.9 Å². The minimum absolute atomic E-state index is 0.372. The lowest BCUT2D eigenvalue weighted by Gasteiger charge is -2.24. The smallest absolute Gasteiger partial charge is 0.347 e. The molecule has 8 nitrogen and oxygen atoms in total. The van der Waals surface area contributed by atoms with Crippen molar-refractivity contribution < 1.29 is 38.7 Å². The second-order valence-corrected chi connectivity index (χ2v) is 15.2. The van der Waals surface area contributed by atoms with Gasteiger partial charge in [-0.3, -0.25) is 0 Å². The molecule has 0 aromatic heterocycles. The van der Waals surface area contributed by atoms with Gasteiger partial charge in [0.15, 0.2) is 0 Å². The van der Waals surface area contributed by atoms with Gasteiger partial charge in [-0.2, -0.15) is 0 Å². The lowest BCUT2D eigenvalue weighted by Crippen LogP contribution is -2.40. The highest BCUT2D eigenvalue weighted by atomic mass is 16.5. The first-order chi connectivity index (χ1) is 29.8. The van der Waals surface area contributed by atoms with Gasteiger partial charge in [-0.05, 0) is 146 Å². The molecule has 0 spiro atoms. The summed E-state index contributed by atoms with van der Waals surface area (Å²) in [7, 11) is 0. The van der Waals surface area contributed by atoms with Gasteiger partial charge >= 0.3 is 11.9 Å². The standard InChI is InChI=1S/2C27H28O4/c2*1-4-27(3,26(28)29)31-25-16-14-24(15-17-25)30-19-18-20(2)21-10-12-23(13-11-21)22-8-6-5-7-9-22/h2*5-18H,4,19H2,1-3H3,(H,28,29)/b2*20-18+/t2*27-/m10/s1. The predicted molar refractivity (Wildman–Crippen MR) is 249 cm³/mol. The number of carbonyl (C=O) groups is 2. The van der Waals surface area contributed by atoms with Crippen LogP contribution in [-0.2, 0) is 9.59 Å². The zero-order valence-electron chi connectivity index (χ0n) is 36.3. The fourth-order valence-corrected chi connectivity index (χ4v) is 6.14. The minimum Gasteiger partial charge on any atom is -0.490 e. The molecule has 0 radical (unpaired) electrons. The van der Waals surface area contributed by atoms with E-state index in [1.54, 1.807) is 76.2 Å². The molecule has 0 aliphatic heterocycles. The average molecular weight is 833 g/mol. The highest BCUT2D eigenvalue weighted by Crippen LogP contribution is 2.27. The topological polar surface area (TPSA) is 112 Å². The number of rotatable bonds is 18. The van der Waals surface area contributed by atoms with E-state index in [1.165, 1.54) is 22.3 Å². The van der Waals surface area contributed by atoms with Crippen LogP contribution in [0.25, 0.3) is 33.4 Å². The highest BCUT2D eigenvalue weighted by molar-refractivity contribution is 5.78. The third-order valence-corrected chi connectivity index (χ3v) is 10.8. The summed E-state index contributed by atoms with van der Waals surface area (Å²) in [6, 6.07) is 51.6. The second-order valence-electron chi connectivity index (χ2n) is 15.2. The molecule has 320 valence electrons. The molecule has 2 N–H and O–H groups in total. The van der Waals surface area contributed by atoms with Crippen LogP contribution >= 0.6 is 0 Å². The van der Waals surface area contributed by atoms with Gasteiger partial charge in [0.05, 0.1) is 0 Å². The molecule has 0 bridgehead atoms. The van der Waals surface area contributed by atoms with Gasteiger partial charge in [0.2, 0.25) is 11.2 Å². The van der Waals surface area contributed by atoms with Gasteiger partial charge in [0, 0.05) is 0 Å². The van der Waals surface area contributed by atoms with Crippen molar-refractivity contribution in [2.75, 3.05) is 13.2 Å². The number of hydrogen-bond acceptors (Lipinski definition) is 6. The molecule has 6 aromatic carbocycles. The fraction of sp³-hybridized carbons (Fsp3) is 0.222. The van der Waals surface area contributed by atoms with Crippen LogP contribution in [0.4, 0.5) is 0 Å². The van der Waals surface area contributed by atoms with E-state index < -0.39 is 23.1 Å². The SMILES string of the molecule is CC[C@@](C)(Oc1ccc(OC/C=C(\C)c2ccc(-c3ccccc3)cc2)cc1)C(=O)O.CC[C@](C)(Oc1ccc(OC/C=C(\C)c2ccc(-c3ccccc3)cc2)cc1)C(=O)O. The van der Waals surface area contributed by atoms with Crippen molar-refractivity contribution in [2.45, 2.75) is 65.6 Å². The van der Waals surface area contributed by atoms with Crippen LogP contribution in [0, 0.1) is 0 Å². The third-order valence-electron chi connectivity index (χ3n) is 10.8. The first-order valence-corrected chi connectivity index (χ1v) is 20.8. The molecule has 62 heavy (non-hydrogen) atoms. The summed E-state index contributed by atoms with van der Waals surface area (Å²) >= 11 is 0. The predicted octanol–water partition coefficient (Wildman–Crippen LogP) is 12.9. The first kappa shape index (κ1) is 46.0. The Morgan fingerprint density at radius 2 is 0.742 bits per heavy atom. The van der Waals surface area contributed by atoms with E-state index in [0.717, 1.165) is 22.3 Å². The Balaban J connectivity index is 0.000000234. The third kappa shape index (κ3) is 13.0. The fourth-order valence-electron chi connectivity index (χ4n) is 6.14. The van der Waals surface area contributed by atoms with E-state index in [-0.39, 0.29) is 0 Å². The summed E-state index contributed by atoms with van der Waals surface area (Å²) in [5.41, 5.74) is 6.90. The van der Waals surface area contributed by atoms with Crippen LogP contribution in [0.2, 0.25) is 0 Å². The van der Waals surface area contributed by atoms with E-state index in [2.05, 4.69) is 86.6 Å². The summed E-state index contributed by atoms with van der Waals surface area (Å²) in [4.78, 5) is 22.8. The summed E-state index contributed by atoms with van der Waals surface area (Å²) in [6.45, 7) is 11.7. The maximum atomic E-state index is 11.4. The molecule has 0 fully saturated rings. The van der Waals surface area contributed by atoms with E-state index in [0.29, 0.717) is 49.1 Å². The van der Waals surface area contributed by atoms with Crippen molar-refractivity contribution in [3.8, 4) is 45.3 Å². The molecule has 8 heteroatoms. The number of aliphatic carboxylic acids is 2. The van der Waals surface area contributed by atoms with Crippen LogP contribution in [0.15, 0.2) is 170 Å². The summed E-state index contributed by atoms with van der Waals surface area (Å²) in [6.07, 6.45) is 4.83. The number of carboxylic acids is 2. The second kappa shape index (κ2) is 22.0. The number of hydrogen-bond donors (Lipinski definition) is 2. The molecule has 0 saturated carbocycles. The van der Waals surface area contributed by atoms with Crippen molar-refractivity contribution in [1.29, 1.82) is 0 Å². The average Bonchev–Trinajstić information content (AvgIpc) is 3.30. The molecule has 6 aromatic rings. The zero-order valence-corrected chi connectivity index (χ0v) is 36.3. The van der Waals surface area contributed by atoms with Crippen molar-refractivity contribution in [2.24, 2.45) is 0 Å². The Morgan fingerprint density at radius 3 is 1.03 bits per heavy atom. The van der Waals surface area contributed by atoms with Gasteiger partial charge in [-0.1, -0.05) is 123 Å². The maximum absolute atomic E-state index is 11.4. The largest absolute Gasteiger partial charge is 0.490 e. The summed E-state index contributed by atoms with van der Waals surface area (Å²) < 4.78 is 22.9. The molecule has 2 atom stereocenters. The molecule has 0 saturated heterocycles. The molecular weight excluding hydrogens is 777 g/mol. The first-order valence-electron chi connectivity index (χ1n) is 20.8. The van der Waals surface area contributed by atoms with Crippen molar-refractivity contribution in [3.05, 3.63) is 181 Å². The molecule has 6 rings (SSSR count). The Morgan fingerprint density at radius 1 is 0.452 bits per heavy atom. The number of ether oxygens (including phenoxy) is 4. The van der Waals surface area contributed by atoms with E-state index >= 15 is 0 Å². The lowest BCUT2D eigenvalue weighted by atomic mass is 10.0. The number of benzene rings is 6. The van der Waals surface area contributed by atoms with Crippen molar-refractivity contribution in [3.63, 3.8) is 0 Å². The van der Waals surface area contributed by atoms with Gasteiger partial charge < -0.3 is 29.2 Å². The molecule has 0 aliphatic carbocycles. The molecule has 0 amide bonds. The van der Waals surface area contributed by atoms with Gasteiger partial charge in [0.25, 0.3) is 0 Å². The number of allylic oxidation sites excluding steroid dienone is 2. The molecular formula is C54H56O8. The highest BCUT2D eigenvalue weighted by Gasteiger charge is 2.34. The molecule has 0 heterocycles. The van der Waals surface area contributed by atoms with Crippen LogP contribution in [0.1, 0.15) is 65.5 Å². The minimum atomic E-state index is -1.24. The Bertz CT molecular complexity index is 2210. The van der Waals surface area contributed by atoms with E-state index in [4.69, 9.17) is 18.9 Å². The van der Waals surface area contributed by atoms with Crippen molar-refractivity contribution in [1.82, 2.24) is 0 Å². The van der Waals surface area contributed by atoms with E-state index in [1.807, 2.05) is 48.6 Å². The maximum Gasteiger partial charge on any atom is 0.347 e. The lowest BCUT2D eigenvalue weighted by molar-refractivity contribution is -0.154. The quantitative estimate of drug-likeness (QED) is 0.0881. The molecule has 0 unspecified atom stereocenters. The number of carboxylic acid groups (broad SMARTS) is 2. The van der Waals surface area contributed by atoms with Crippen LogP contribution in [0.3, 0.4) is 0 Å². The normalized spacial score (nSPS) is 13.3. The van der Waals surface area contributed by atoms with Crippen LogP contribution in [-0.4, -0.2) is 46.6 Å². The zero-order chi connectivity index (χ0) is 44.5. The monoisotopic (exact) mass is 832 g/mol. The Kier molecular flexibility index (Phi) is 16.3. The van der Waals surface area contributed by atoms with Gasteiger partial charge in [-0.25, -0.2) is 9.59 Å². The van der Waals surface area contributed by atoms with Crippen LogP contribution in [0.5, 0.6) is 23.0 Å². The summed E-state index contributed by atoms with van der Waals surface area (Å²) in [5.74, 6) is 0.447. The summed E-state index contributed by atoms with van der Waals surface area (Å²) in [5, 5.41) is 18.7. The Labute approximate surface area is 365 Å². The Hall–Kier alpha value is -7.06. The van der Waals surface area contributed by atoms with Crippen molar-refractivity contribution >= 4 is 23.1 Å². The molecule has 0 aliphatic rings. The van der Waals surface area contributed by atoms with E-state index in [9.17, 15) is 19.8 Å².